The minimum absolute atomic E-state index is 0.0839. The molecule has 0 aliphatic rings. The van der Waals surface area contributed by atoms with E-state index in [-0.39, 0.29) is 11.5 Å². The van der Waals surface area contributed by atoms with Crippen LogP contribution in [0.1, 0.15) is 22.8 Å². The Morgan fingerprint density at radius 3 is 2.34 bits per heavy atom. The van der Waals surface area contributed by atoms with E-state index in [1.807, 2.05) is 43.3 Å². The number of alkyl halides is 3. The standard InChI is InChI=1S/C20H17F3N4O2/c1-3-4-13-5-7-14(8-6-13)17-24-19(26-27(17)2)25-18(28)15-9-11-16(12-10-15)29-20(21,22)23/h3-12H,1-2H3,(H,25,26,28)/b4-3+. The van der Waals surface area contributed by atoms with Gasteiger partial charge in [-0.3, -0.25) is 10.1 Å². The summed E-state index contributed by atoms with van der Waals surface area (Å²) in [6, 6.07) is 12.2. The summed E-state index contributed by atoms with van der Waals surface area (Å²) >= 11 is 0. The SMILES string of the molecule is C/C=C/c1ccc(-c2nc(NC(=O)c3ccc(OC(F)(F)F)cc3)nn2C)cc1. The van der Waals surface area contributed by atoms with E-state index in [2.05, 4.69) is 20.1 Å². The van der Waals surface area contributed by atoms with Crippen molar-refractivity contribution in [1.29, 1.82) is 0 Å². The maximum absolute atomic E-state index is 12.3. The quantitative estimate of drug-likeness (QED) is 0.674. The van der Waals surface area contributed by atoms with Crippen LogP contribution in [0.25, 0.3) is 17.5 Å². The number of amides is 1. The maximum atomic E-state index is 12.3. The summed E-state index contributed by atoms with van der Waals surface area (Å²) in [5.41, 5.74) is 2.01. The third-order valence-electron chi connectivity index (χ3n) is 3.87. The van der Waals surface area contributed by atoms with Gasteiger partial charge in [-0.15, -0.1) is 18.3 Å². The molecule has 0 fully saturated rings. The molecule has 2 aromatic carbocycles. The lowest BCUT2D eigenvalue weighted by molar-refractivity contribution is -0.274. The van der Waals surface area contributed by atoms with Crippen LogP contribution in [-0.2, 0) is 7.05 Å². The third kappa shape index (κ3) is 5.22. The lowest BCUT2D eigenvalue weighted by Crippen LogP contribution is -2.17. The lowest BCUT2D eigenvalue weighted by Gasteiger charge is -2.08. The number of nitrogens with zero attached hydrogens (tertiary/aromatic N) is 3. The summed E-state index contributed by atoms with van der Waals surface area (Å²) in [6.45, 7) is 1.93. The maximum Gasteiger partial charge on any atom is 0.573 e. The molecule has 0 atom stereocenters. The minimum Gasteiger partial charge on any atom is -0.406 e. The lowest BCUT2D eigenvalue weighted by atomic mass is 10.1. The molecular formula is C20H17F3N4O2. The molecule has 0 unspecified atom stereocenters. The molecule has 150 valence electrons. The van der Waals surface area contributed by atoms with Crippen LogP contribution in [0.15, 0.2) is 54.6 Å². The van der Waals surface area contributed by atoms with Crippen molar-refractivity contribution in [2.45, 2.75) is 13.3 Å². The number of carbonyl (C=O) groups excluding carboxylic acids is 1. The highest BCUT2D eigenvalue weighted by Crippen LogP contribution is 2.23. The smallest absolute Gasteiger partial charge is 0.406 e. The van der Waals surface area contributed by atoms with Gasteiger partial charge in [0, 0.05) is 18.2 Å². The molecule has 0 saturated carbocycles. The van der Waals surface area contributed by atoms with Crippen molar-refractivity contribution >= 4 is 17.9 Å². The fraction of sp³-hybridized carbons (Fsp3) is 0.150. The van der Waals surface area contributed by atoms with Crippen LogP contribution in [0, 0.1) is 0 Å². The average Bonchev–Trinajstić information content (AvgIpc) is 3.02. The first-order valence-electron chi connectivity index (χ1n) is 8.56. The van der Waals surface area contributed by atoms with Crippen molar-refractivity contribution in [3.05, 3.63) is 65.7 Å². The highest BCUT2D eigenvalue weighted by molar-refractivity contribution is 6.03. The summed E-state index contributed by atoms with van der Waals surface area (Å²) in [5, 5.41) is 6.70. The van der Waals surface area contributed by atoms with Crippen molar-refractivity contribution in [2.75, 3.05) is 5.32 Å². The van der Waals surface area contributed by atoms with E-state index in [0.29, 0.717) is 5.82 Å². The summed E-state index contributed by atoms with van der Waals surface area (Å²) < 4.78 is 41.9. The first-order chi connectivity index (χ1) is 13.7. The van der Waals surface area contributed by atoms with Gasteiger partial charge in [0.05, 0.1) is 0 Å². The molecule has 0 radical (unpaired) electrons. The van der Waals surface area contributed by atoms with Crippen LogP contribution >= 0.6 is 0 Å². The molecule has 29 heavy (non-hydrogen) atoms. The van der Waals surface area contributed by atoms with E-state index in [0.717, 1.165) is 23.3 Å². The predicted octanol–water partition coefficient (Wildman–Crippen LogP) is 4.67. The van der Waals surface area contributed by atoms with Gasteiger partial charge in [0.15, 0.2) is 5.82 Å². The number of aromatic nitrogens is 3. The molecule has 0 aliphatic heterocycles. The number of benzene rings is 2. The third-order valence-corrected chi connectivity index (χ3v) is 3.87. The predicted molar refractivity (Wildman–Crippen MR) is 102 cm³/mol. The molecule has 1 aromatic heterocycles. The van der Waals surface area contributed by atoms with Crippen molar-refractivity contribution in [2.24, 2.45) is 7.05 Å². The second-order valence-corrected chi connectivity index (χ2v) is 6.03. The Balaban J connectivity index is 1.72. The fourth-order valence-corrected chi connectivity index (χ4v) is 2.61. The molecular weight excluding hydrogens is 385 g/mol. The first-order valence-corrected chi connectivity index (χ1v) is 8.56. The van der Waals surface area contributed by atoms with Crippen molar-refractivity contribution < 1.29 is 22.7 Å². The zero-order chi connectivity index (χ0) is 21.0. The number of hydrogen-bond donors (Lipinski definition) is 1. The van der Waals surface area contributed by atoms with E-state index in [9.17, 15) is 18.0 Å². The van der Waals surface area contributed by atoms with Gasteiger partial charge < -0.3 is 4.74 Å². The Kier molecular flexibility index (Phi) is 5.67. The van der Waals surface area contributed by atoms with Gasteiger partial charge in [-0.1, -0.05) is 36.4 Å². The summed E-state index contributed by atoms with van der Waals surface area (Å²) in [5.74, 6) is -0.320. The Morgan fingerprint density at radius 1 is 1.10 bits per heavy atom. The van der Waals surface area contributed by atoms with Gasteiger partial charge in [0.25, 0.3) is 5.91 Å². The van der Waals surface area contributed by atoms with Crippen LogP contribution < -0.4 is 10.1 Å². The second-order valence-electron chi connectivity index (χ2n) is 6.03. The molecule has 1 N–H and O–H groups in total. The van der Waals surface area contributed by atoms with Crippen LogP contribution in [0.4, 0.5) is 19.1 Å². The Hall–Kier alpha value is -3.62. The highest BCUT2D eigenvalue weighted by atomic mass is 19.4. The number of halogens is 3. The summed E-state index contributed by atoms with van der Waals surface area (Å²) in [7, 11) is 1.70. The van der Waals surface area contributed by atoms with E-state index >= 15 is 0 Å². The van der Waals surface area contributed by atoms with Gasteiger partial charge in [-0.05, 0) is 36.8 Å². The monoisotopic (exact) mass is 402 g/mol. The number of hydrogen-bond acceptors (Lipinski definition) is 4. The van der Waals surface area contributed by atoms with Crippen LogP contribution in [-0.4, -0.2) is 27.0 Å². The average molecular weight is 402 g/mol. The number of aryl methyl sites for hydroxylation is 1. The molecule has 1 amide bonds. The number of ether oxygens (including phenoxy) is 1. The molecule has 0 saturated heterocycles. The van der Waals surface area contributed by atoms with Crippen molar-refractivity contribution in [1.82, 2.24) is 14.8 Å². The van der Waals surface area contributed by atoms with Crippen molar-refractivity contribution in [3.63, 3.8) is 0 Å². The molecule has 0 spiro atoms. The normalized spacial score (nSPS) is 11.6. The van der Waals surface area contributed by atoms with Gasteiger partial charge in [-0.25, -0.2) is 4.68 Å². The molecule has 0 bridgehead atoms. The Morgan fingerprint density at radius 2 is 1.76 bits per heavy atom. The molecule has 6 nitrogen and oxygen atoms in total. The van der Waals surface area contributed by atoms with Gasteiger partial charge >= 0.3 is 6.36 Å². The molecule has 9 heteroatoms. The van der Waals surface area contributed by atoms with E-state index in [1.54, 1.807) is 7.05 Å². The van der Waals surface area contributed by atoms with Crippen LogP contribution in [0.5, 0.6) is 5.75 Å². The van der Waals surface area contributed by atoms with Gasteiger partial charge in [-0.2, -0.15) is 4.98 Å². The van der Waals surface area contributed by atoms with Gasteiger partial charge in [0.2, 0.25) is 5.95 Å². The number of allylic oxidation sites excluding steroid dienone is 1. The number of anilines is 1. The highest BCUT2D eigenvalue weighted by Gasteiger charge is 2.31. The van der Waals surface area contributed by atoms with Gasteiger partial charge in [0.1, 0.15) is 5.75 Å². The zero-order valence-corrected chi connectivity index (χ0v) is 15.6. The topological polar surface area (TPSA) is 69.0 Å². The van der Waals surface area contributed by atoms with E-state index in [1.165, 1.54) is 16.8 Å². The van der Waals surface area contributed by atoms with Crippen molar-refractivity contribution in [3.8, 4) is 17.1 Å². The van der Waals surface area contributed by atoms with E-state index < -0.39 is 18.0 Å². The summed E-state index contributed by atoms with van der Waals surface area (Å²) in [4.78, 5) is 16.6. The van der Waals surface area contributed by atoms with Crippen LogP contribution in [0.2, 0.25) is 0 Å². The molecule has 3 rings (SSSR count). The molecule has 3 aromatic rings. The summed E-state index contributed by atoms with van der Waals surface area (Å²) in [6.07, 6.45) is -0.882. The number of rotatable bonds is 5. The molecule has 0 aliphatic carbocycles. The Labute approximate surface area is 164 Å². The van der Waals surface area contributed by atoms with Crippen LogP contribution in [0.3, 0.4) is 0 Å². The first kappa shape index (κ1) is 20.1. The zero-order valence-electron chi connectivity index (χ0n) is 15.6. The minimum atomic E-state index is -4.79. The largest absolute Gasteiger partial charge is 0.573 e. The Bertz CT molecular complexity index is 1020. The second kappa shape index (κ2) is 8.17. The van der Waals surface area contributed by atoms with E-state index in [4.69, 9.17) is 0 Å². The molecule has 1 heterocycles. The fourth-order valence-electron chi connectivity index (χ4n) is 2.61. The number of nitrogens with one attached hydrogen (secondary N) is 1. The number of carbonyl (C=O) groups is 1.